The minimum Gasteiger partial charge on any atom is -0.405 e. The Bertz CT molecular complexity index is 568. The van der Waals surface area contributed by atoms with E-state index in [0.717, 1.165) is 0 Å². The summed E-state index contributed by atoms with van der Waals surface area (Å²) in [5, 5.41) is 16.8. The summed E-state index contributed by atoms with van der Waals surface area (Å²) in [5.74, 6) is -0.100. The fourth-order valence-electron chi connectivity index (χ4n) is 1.44. The molecule has 0 amide bonds. The fourth-order valence-corrected chi connectivity index (χ4v) is 1.44. The van der Waals surface area contributed by atoms with Gasteiger partial charge in [-0.1, -0.05) is 36.4 Å². The molecule has 0 aliphatic rings. The van der Waals surface area contributed by atoms with Crippen LogP contribution in [0, 0.1) is 5.41 Å². The lowest BCUT2D eigenvalue weighted by molar-refractivity contribution is 0.209. The molecule has 0 aromatic heterocycles. The molecule has 5 heteroatoms. The average Bonchev–Trinajstić information content (AvgIpc) is 2.48. The second-order valence-corrected chi connectivity index (χ2v) is 3.66. The number of rotatable bonds is 2. The molecule has 19 heavy (non-hydrogen) atoms. The zero-order chi connectivity index (χ0) is 13.5. The van der Waals surface area contributed by atoms with E-state index < -0.39 is 0 Å². The van der Waals surface area contributed by atoms with Crippen molar-refractivity contribution < 1.29 is 9.94 Å². The van der Waals surface area contributed by atoms with Gasteiger partial charge in [-0.15, -0.1) is 0 Å². The van der Waals surface area contributed by atoms with Gasteiger partial charge in [-0.3, -0.25) is 10.6 Å². The Morgan fingerprint density at radius 3 is 2.16 bits per heavy atom. The molecule has 0 saturated heterocycles. The lowest BCUT2D eigenvalue weighted by Gasteiger charge is -2.08. The molecule has 0 aliphatic heterocycles. The third-order valence-electron chi connectivity index (χ3n) is 2.32. The van der Waals surface area contributed by atoms with Crippen LogP contribution in [-0.4, -0.2) is 17.1 Å². The molecule has 5 nitrogen and oxygen atoms in total. The van der Waals surface area contributed by atoms with Crippen molar-refractivity contribution in [2.75, 3.05) is 0 Å². The van der Waals surface area contributed by atoms with Gasteiger partial charge in [0, 0.05) is 5.56 Å². The minimum atomic E-state index is -0.153. The number of amidine groups is 1. The van der Waals surface area contributed by atoms with E-state index in [1.165, 1.54) is 0 Å². The quantitative estimate of drug-likeness (QED) is 0.438. The Kier molecular flexibility index (Phi) is 4.25. The lowest BCUT2D eigenvalue weighted by Crippen LogP contribution is -2.25. The molecular formula is C14H13N3O2. The largest absolute Gasteiger partial charge is 0.405 e. The van der Waals surface area contributed by atoms with Crippen LogP contribution in [0.2, 0.25) is 0 Å². The first-order valence-corrected chi connectivity index (χ1v) is 5.65. The number of para-hydroxylation sites is 1. The summed E-state index contributed by atoms with van der Waals surface area (Å²) in [6.07, 6.45) is 0. The van der Waals surface area contributed by atoms with Crippen molar-refractivity contribution in [3.05, 3.63) is 66.2 Å². The third-order valence-corrected chi connectivity index (χ3v) is 2.32. The monoisotopic (exact) mass is 255 g/mol. The molecule has 0 radical (unpaired) electrons. The second-order valence-electron chi connectivity index (χ2n) is 3.66. The van der Waals surface area contributed by atoms with Crippen LogP contribution < -0.4 is 5.48 Å². The maximum absolute atomic E-state index is 8.98. The highest BCUT2D eigenvalue weighted by atomic mass is 16.6. The highest BCUT2D eigenvalue weighted by Gasteiger charge is 2.06. The van der Waals surface area contributed by atoms with Crippen LogP contribution in [0.5, 0.6) is 0 Å². The summed E-state index contributed by atoms with van der Waals surface area (Å²) in [6.45, 7) is 0. The molecule has 0 unspecified atom stereocenters. The Balaban J connectivity index is 2.12. The van der Waals surface area contributed by atoms with Crippen LogP contribution in [0.3, 0.4) is 0 Å². The molecule has 0 saturated carbocycles. The van der Waals surface area contributed by atoms with Crippen molar-refractivity contribution in [1.82, 2.24) is 5.48 Å². The van der Waals surface area contributed by atoms with Crippen molar-refractivity contribution in [1.29, 1.82) is 5.41 Å². The van der Waals surface area contributed by atoms with E-state index in [-0.39, 0.29) is 11.9 Å². The van der Waals surface area contributed by atoms with Gasteiger partial charge < -0.3 is 4.74 Å². The first-order chi connectivity index (χ1) is 9.29. The topological polar surface area (TPSA) is 77.7 Å². The highest BCUT2D eigenvalue weighted by molar-refractivity contribution is 5.99. The van der Waals surface area contributed by atoms with Gasteiger partial charge in [-0.05, 0) is 24.3 Å². The highest BCUT2D eigenvalue weighted by Crippen LogP contribution is 2.10. The van der Waals surface area contributed by atoms with E-state index in [1.54, 1.807) is 36.4 Å². The van der Waals surface area contributed by atoms with Gasteiger partial charge in [-0.25, -0.2) is 5.48 Å². The van der Waals surface area contributed by atoms with Gasteiger partial charge in [0.25, 0.3) is 0 Å². The molecule has 2 rings (SSSR count). The van der Waals surface area contributed by atoms with E-state index in [9.17, 15) is 0 Å². The molecule has 0 atom stereocenters. The first-order valence-electron chi connectivity index (χ1n) is 5.65. The number of nitrogens with one attached hydrogen (secondary N) is 2. The molecule has 0 fully saturated rings. The van der Waals surface area contributed by atoms with Crippen molar-refractivity contribution >= 4 is 17.6 Å². The van der Waals surface area contributed by atoms with Gasteiger partial charge in [0.05, 0.1) is 5.69 Å². The van der Waals surface area contributed by atoms with Gasteiger partial charge in [0.1, 0.15) is 0 Å². The van der Waals surface area contributed by atoms with Crippen molar-refractivity contribution in [2.24, 2.45) is 4.99 Å². The van der Waals surface area contributed by atoms with Crippen LogP contribution >= 0.6 is 0 Å². The minimum absolute atomic E-state index is 0.100. The summed E-state index contributed by atoms with van der Waals surface area (Å²) in [7, 11) is 0. The van der Waals surface area contributed by atoms with Gasteiger partial charge >= 0.3 is 6.02 Å². The SMILES string of the molecule is N=C(OC(=Nc1ccccc1)NO)c1ccccc1. The number of hydrogen-bond donors (Lipinski definition) is 3. The van der Waals surface area contributed by atoms with Crippen LogP contribution in [0.4, 0.5) is 5.69 Å². The van der Waals surface area contributed by atoms with Crippen molar-refractivity contribution in [3.63, 3.8) is 0 Å². The van der Waals surface area contributed by atoms with Crippen molar-refractivity contribution in [2.45, 2.75) is 0 Å². The van der Waals surface area contributed by atoms with E-state index in [0.29, 0.717) is 11.3 Å². The van der Waals surface area contributed by atoms with Crippen LogP contribution in [0.1, 0.15) is 5.56 Å². The van der Waals surface area contributed by atoms with E-state index >= 15 is 0 Å². The van der Waals surface area contributed by atoms with E-state index in [1.807, 2.05) is 29.7 Å². The Morgan fingerprint density at radius 1 is 1.00 bits per heavy atom. The third kappa shape index (κ3) is 3.65. The molecule has 0 aliphatic carbocycles. The van der Waals surface area contributed by atoms with Crippen LogP contribution in [0.25, 0.3) is 0 Å². The number of nitrogens with zero attached hydrogens (tertiary/aromatic N) is 1. The molecule has 2 aromatic carbocycles. The number of ether oxygens (including phenoxy) is 1. The number of benzene rings is 2. The summed E-state index contributed by atoms with van der Waals surface area (Å²) >= 11 is 0. The zero-order valence-electron chi connectivity index (χ0n) is 10.1. The van der Waals surface area contributed by atoms with E-state index in [2.05, 4.69) is 4.99 Å². The van der Waals surface area contributed by atoms with Gasteiger partial charge in [0.2, 0.25) is 5.90 Å². The smallest absolute Gasteiger partial charge is 0.321 e. The maximum Gasteiger partial charge on any atom is 0.321 e. The summed E-state index contributed by atoms with van der Waals surface area (Å²) in [5.41, 5.74) is 3.05. The molecule has 0 bridgehead atoms. The van der Waals surface area contributed by atoms with Crippen LogP contribution in [0.15, 0.2) is 65.7 Å². The predicted molar refractivity (Wildman–Crippen MR) is 72.8 cm³/mol. The summed E-state index contributed by atoms with van der Waals surface area (Å²) in [6, 6.07) is 17.8. The average molecular weight is 255 g/mol. The van der Waals surface area contributed by atoms with Crippen LogP contribution in [-0.2, 0) is 4.74 Å². The lowest BCUT2D eigenvalue weighted by atomic mass is 10.2. The maximum atomic E-state index is 8.98. The van der Waals surface area contributed by atoms with Gasteiger partial charge in [0.15, 0.2) is 0 Å². The Morgan fingerprint density at radius 2 is 1.58 bits per heavy atom. The molecule has 2 aromatic rings. The zero-order valence-corrected chi connectivity index (χ0v) is 10.1. The van der Waals surface area contributed by atoms with Gasteiger partial charge in [-0.2, -0.15) is 4.99 Å². The number of hydroxylamine groups is 1. The molecule has 96 valence electrons. The second kappa shape index (κ2) is 6.32. The van der Waals surface area contributed by atoms with Crippen molar-refractivity contribution in [3.8, 4) is 0 Å². The summed E-state index contributed by atoms with van der Waals surface area (Å²) < 4.78 is 5.16. The molecular weight excluding hydrogens is 242 g/mol. The fraction of sp³-hybridized carbons (Fsp3) is 0. The Labute approximate surface area is 110 Å². The molecule has 0 spiro atoms. The Hall–Kier alpha value is -2.66. The molecule has 3 N–H and O–H groups in total. The number of hydrogen-bond acceptors (Lipinski definition) is 4. The van der Waals surface area contributed by atoms with E-state index in [4.69, 9.17) is 15.4 Å². The standard InChI is InChI=1S/C14H13N3O2/c15-13(11-7-3-1-4-8-11)19-14(17-18)16-12-9-5-2-6-10-12/h1-10,15,18H,(H,16,17). The predicted octanol–water partition coefficient (Wildman–Crippen LogP) is 2.70. The molecule has 0 heterocycles. The summed E-state index contributed by atoms with van der Waals surface area (Å²) in [4.78, 5) is 4.04. The first kappa shape index (κ1) is 12.8. The number of aliphatic imine (C=N–C) groups is 1. The normalized spacial score (nSPS) is 10.9.